The second-order valence-corrected chi connectivity index (χ2v) is 9.02. The average Bonchev–Trinajstić information content (AvgIpc) is 3.53. The highest BCUT2D eigenvalue weighted by Crippen LogP contribution is 2.48. The molecule has 2 heterocycles. The number of carbonyl (C=O) groups is 1. The molecule has 4 aromatic rings. The lowest BCUT2D eigenvalue weighted by molar-refractivity contribution is -0.131. The summed E-state index contributed by atoms with van der Waals surface area (Å²) in [5.74, 6) is -0.567. The largest absolute Gasteiger partial charge is 0.478 e. The maximum atomic E-state index is 10.9. The molecule has 6 heteroatoms. The first kappa shape index (κ1) is 20.6. The van der Waals surface area contributed by atoms with Crippen LogP contribution in [-0.2, 0) is 4.79 Å². The number of allylic oxidation sites excluding steroid dienone is 1. The summed E-state index contributed by atoms with van der Waals surface area (Å²) in [4.78, 5) is 20.0. The van der Waals surface area contributed by atoms with Gasteiger partial charge >= 0.3 is 5.97 Å². The Kier molecular flexibility index (Phi) is 5.60. The number of halogens is 1. The van der Waals surface area contributed by atoms with E-state index in [0.29, 0.717) is 10.9 Å². The fourth-order valence-corrected chi connectivity index (χ4v) is 4.77. The Morgan fingerprint density at radius 3 is 2.56 bits per heavy atom. The van der Waals surface area contributed by atoms with Crippen molar-refractivity contribution in [3.05, 3.63) is 99.8 Å². The normalized spacial score (nSPS) is 14.7. The van der Waals surface area contributed by atoms with Gasteiger partial charge < -0.3 is 5.11 Å². The molecule has 4 nitrogen and oxygen atoms in total. The molecule has 0 unspecified atom stereocenters. The summed E-state index contributed by atoms with van der Waals surface area (Å²) < 4.78 is 1.14. The van der Waals surface area contributed by atoms with E-state index in [4.69, 9.17) is 16.7 Å². The zero-order valence-electron chi connectivity index (χ0n) is 17.0. The first-order valence-electron chi connectivity index (χ1n) is 10.3. The minimum Gasteiger partial charge on any atom is -0.478 e. The topological polar surface area (TPSA) is 63.1 Å². The standard InChI is InChI=1S/C26H19ClN2O2S/c27-20-2-1-13-28-26(20)25(18-8-9-18)24(19-10-11-22-21(14-19)29-15-32-22)17-6-3-16(4-7-17)5-12-23(30)31/h1-7,10-15,18H,8-9H2,(H,30,31)/b12-5+,25-24+. The van der Waals surface area contributed by atoms with E-state index in [1.54, 1.807) is 23.6 Å². The number of nitrogens with zero attached hydrogens (tertiary/aromatic N) is 2. The van der Waals surface area contributed by atoms with Gasteiger partial charge in [0.15, 0.2) is 0 Å². The van der Waals surface area contributed by atoms with E-state index in [0.717, 1.165) is 62.7 Å². The van der Waals surface area contributed by atoms with Crippen LogP contribution in [0.1, 0.15) is 35.2 Å². The van der Waals surface area contributed by atoms with E-state index in [2.05, 4.69) is 28.2 Å². The molecule has 0 amide bonds. The number of hydrogen-bond acceptors (Lipinski definition) is 4. The van der Waals surface area contributed by atoms with Crippen LogP contribution in [0.15, 0.2) is 72.4 Å². The molecule has 0 aliphatic heterocycles. The van der Waals surface area contributed by atoms with Crippen LogP contribution in [-0.4, -0.2) is 21.0 Å². The molecule has 5 rings (SSSR count). The van der Waals surface area contributed by atoms with Gasteiger partial charge in [0.2, 0.25) is 0 Å². The third-order valence-corrected chi connectivity index (χ3v) is 6.62. The predicted molar refractivity (Wildman–Crippen MR) is 131 cm³/mol. The van der Waals surface area contributed by atoms with Crippen molar-refractivity contribution in [2.24, 2.45) is 5.92 Å². The molecule has 0 saturated heterocycles. The van der Waals surface area contributed by atoms with Crippen molar-refractivity contribution in [3.8, 4) is 0 Å². The number of benzene rings is 2. The van der Waals surface area contributed by atoms with Crippen LogP contribution in [0, 0.1) is 5.92 Å². The van der Waals surface area contributed by atoms with Gasteiger partial charge in [-0.3, -0.25) is 4.98 Å². The number of carboxylic acids is 1. The van der Waals surface area contributed by atoms with Crippen LogP contribution in [0.25, 0.3) is 27.4 Å². The van der Waals surface area contributed by atoms with Gasteiger partial charge in [0.05, 0.1) is 26.4 Å². The lowest BCUT2D eigenvalue weighted by Crippen LogP contribution is -2.00. The molecule has 2 aromatic carbocycles. The Morgan fingerprint density at radius 1 is 1.06 bits per heavy atom. The molecule has 0 atom stereocenters. The van der Waals surface area contributed by atoms with Gasteiger partial charge in [0, 0.05) is 12.3 Å². The lowest BCUT2D eigenvalue weighted by atomic mass is 9.88. The fraction of sp³-hybridized carbons (Fsp3) is 0.115. The van der Waals surface area contributed by atoms with Crippen molar-refractivity contribution in [2.45, 2.75) is 12.8 Å². The summed E-state index contributed by atoms with van der Waals surface area (Å²) >= 11 is 8.23. The van der Waals surface area contributed by atoms with Gasteiger partial charge in [-0.2, -0.15) is 0 Å². The molecular weight excluding hydrogens is 440 g/mol. The quantitative estimate of drug-likeness (QED) is 0.322. The molecular formula is C26H19ClN2O2S. The Bertz CT molecular complexity index is 1370. The maximum Gasteiger partial charge on any atom is 0.328 e. The number of carboxylic acid groups (broad SMARTS) is 1. The van der Waals surface area contributed by atoms with Gasteiger partial charge in [-0.05, 0) is 76.9 Å². The van der Waals surface area contributed by atoms with Crippen LogP contribution < -0.4 is 0 Å². The Labute approximate surface area is 194 Å². The monoisotopic (exact) mass is 458 g/mol. The minimum absolute atomic E-state index is 0.398. The Balaban J connectivity index is 1.73. The second kappa shape index (κ2) is 8.69. The number of thiazole rings is 1. The number of hydrogen-bond donors (Lipinski definition) is 1. The van der Waals surface area contributed by atoms with E-state index < -0.39 is 5.97 Å². The van der Waals surface area contributed by atoms with E-state index in [1.165, 1.54) is 0 Å². The molecule has 0 bridgehead atoms. The van der Waals surface area contributed by atoms with Gasteiger partial charge in [0.25, 0.3) is 0 Å². The summed E-state index contributed by atoms with van der Waals surface area (Å²) in [6, 6.07) is 18.0. The van der Waals surface area contributed by atoms with Crippen molar-refractivity contribution in [1.29, 1.82) is 0 Å². The molecule has 1 aliphatic carbocycles. The van der Waals surface area contributed by atoms with Crippen molar-refractivity contribution in [2.75, 3.05) is 0 Å². The Hall–Kier alpha value is -3.28. The van der Waals surface area contributed by atoms with Gasteiger partial charge in [0.1, 0.15) is 0 Å². The molecule has 2 aromatic heterocycles. The number of pyridine rings is 1. The smallest absolute Gasteiger partial charge is 0.328 e. The van der Waals surface area contributed by atoms with Crippen molar-refractivity contribution >= 4 is 56.3 Å². The van der Waals surface area contributed by atoms with E-state index in [9.17, 15) is 4.79 Å². The molecule has 1 aliphatic rings. The number of aliphatic carboxylic acids is 1. The van der Waals surface area contributed by atoms with Gasteiger partial charge in [-0.15, -0.1) is 11.3 Å². The maximum absolute atomic E-state index is 10.9. The average molecular weight is 459 g/mol. The predicted octanol–water partition coefficient (Wildman–Crippen LogP) is 6.81. The summed E-state index contributed by atoms with van der Waals surface area (Å²) in [5.41, 5.74) is 8.83. The molecule has 1 N–H and O–H groups in total. The molecule has 1 saturated carbocycles. The zero-order valence-corrected chi connectivity index (χ0v) is 18.6. The molecule has 0 radical (unpaired) electrons. The van der Waals surface area contributed by atoms with Crippen LogP contribution in [0.5, 0.6) is 0 Å². The highest BCUT2D eigenvalue weighted by molar-refractivity contribution is 7.16. The molecule has 32 heavy (non-hydrogen) atoms. The summed E-state index contributed by atoms with van der Waals surface area (Å²) in [7, 11) is 0. The second-order valence-electron chi connectivity index (χ2n) is 7.73. The van der Waals surface area contributed by atoms with E-state index in [-0.39, 0.29) is 0 Å². The summed E-state index contributed by atoms with van der Waals surface area (Å²) in [6.07, 6.45) is 6.72. The zero-order chi connectivity index (χ0) is 22.1. The molecule has 158 valence electrons. The summed E-state index contributed by atoms with van der Waals surface area (Å²) in [6.45, 7) is 0. The third-order valence-electron chi connectivity index (χ3n) is 5.51. The van der Waals surface area contributed by atoms with Crippen LogP contribution in [0.3, 0.4) is 0 Å². The molecule has 0 spiro atoms. The van der Waals surface area contributed by atoms with Gasteiger partial charge in [-0.25, -0.2) is 9.78 Å². The third kappa shape index (κ3) is 4.22. The van der Waals surface area contributed by atoms with Crippen LogP contribution in [0.2, 0.25) is 5.02 Å². The SMILES string of the molecule is O=C(O)/C=C/c1ccc(/C(=C(\c2ncccc2Cl)C2CC2)c2ccc3scnc3c2)cc1. The van der Waals surface area contributed by atoms with Crippen molar-refractivity contribution in [1.82, 2.24) is 9.97 Å². The lowest BCUT2D eigenvalue weighted by Gasteiger charge is -2.17. The Morgan fingerprint density at radius 2 is 1.84 bits per heavy atom. The fourth-order valence-electron chi connectivity index (χ4n) is 3.89. The van der Waals surface area contributed by atoms with Crippen molar-refractivity contribution in [3.63, 3.8) is 0 Å². The van der Waals surface area contributed by atoms with Crippen LogP contribution in [0.4, 0.5) is 0 Å². The first-order chi connectivity index (χ1) is 15.6. The van der Waals surface area contributed by atoms with Crippen LogP contribution >= 0.6 is 22.9 Å². The number of fused-ring (bicyclic) bond motifs is 1. The summed E-state index contributed by atoms with van der Waals surface area (Å²) in [5, 5.41) is 9.55. The highest BCUT2D eigenvalue weighted by Gasteiger charge is 2.32. The van der Waals surface area contributed by atoms with E-state index >= 15 is 0 Å². The first-order valence-corrected chi connectivity index (χ1v) is 11.6. The minimum atomic E-state index is -0.966. The highest BCUT2D eigenvalue weighted by atomic mass is 35.5. The van der Waals surface area contributed by atoms with Gasteiger partial charge in [-0.1, -0.05) is 41.9 Å². The van der Waals surface area contributed by atoms with E-state index in [1.807, 2.05) is 41.9 Å². The number of rotatable bonds is 6. The van der Waals surface area contributed by atoms with Crippen molar-refractivity contribution < 1.29 is 9.90 Å². The molecule has 1 fully saturated rings. The number of aromatic nitrogens is 2.